The number of aliphatic hydroxyl groups excluding tert-OH is 1. The molecule has 0 saturated carbocycles. The summed E-state index contributed by atoms with van der Waals surface area (Å²) in [5.41, 5.74) is 0. The topological polar surface area (TPSA) is 155 Å². The fraction of sp³-hybridized carbons (Fsp3) is 0.589. The molecule has 12 heteroatoms. The van der Waals surface area contributed by atoms with E-state index in [1.807, 2.05) is 18.2 Å². The summed E-state index contributed by atoms with van der Waals surface area (Å²) in [5.74, 6) is -1.65. The summed E-state index contributed by atoms with van der Waals surface area (Å²) >= 11 is 0. The first kappa shape index (κ1) is 63.9. The van der Waals surface area contributed by atoms with Crippen LogP contribution in [-0.4, -0.2) is 66.5 Å². The average Bonchev–Trinajstić information content (AvgIpc) is 3.32. The molecule has 0 saturated heterocycles. The number of hydrogen-bond acceptors (Lipinski definition) is 10. The highest BCUT2D eigenvalue weighted by Crippen LogP contribution is 2.43. The number of carbonyl (C=O) groups excluding carboxylic acids is 3. The first-order valence-corrected chi connectivity index (χ1v) is 26.9. The molecule has 0 bridgehead atoms. The number of aliphatic hydroxyl groups is 1. The quantitative estimate of drug-likeness (QED) is 0.0197. The van der Waals surface area contributed by atoms with Gasteiger partial charge in [-0.15, -0.1) is 0 Å². The van der Waals surface area contributed by atoms with Crippen molar-refractivity contribution in [2.45, 2.75) is 187 Å². The standard InChI is InChI=1S/C56H89O11P/c1-4-7-10-13-16-19-22-25-26-29-30-33-36-39-42-45-54(58)63-49-53(67-56(60)47-44-41-38-35-32-28-24-21-18-15-12-9-6-3)51-65-68(61,62)64-50-52(48-57)66-55(59)46-43-40-37-34-31-27-23-20-17-14-11-8-5-2/h7,9-12,14,16,18-21,23,25-26,28,30,32-33,38,41,52-53,57H,4-6,8,13,15,17,22,24,27,29,31,34-37,39-40,42-51H2,1-3H3,(H,61,62)/b10-7-,12-9-,14-11-,19-16-,21-18-,23-20-,26-25-,32-28-,33-30-,41-38-. The number of rotatable bonds is 45. The highest BCUT2D eigenvalue weighted by molar-refractivity contribution is 7.47. The van der Waals surface area contributed by atoms with Crippen LogP contribution in [0.4, 0.5) is 0 Å². The van der Waals surface area contributed by atoms with Crippen molar-refractivity contribution in [3.05, 3.63) is 122 Å². The fourth-order valence-corrected chi connectivity index (χ4v) is 6.83. The zero-order valence-corrected chi connectivity index (χ0v) is 42.9. The Labute approximate surface area is 411 Å². The molecule has 11 nitrogen and oxygen atoms in total. The molecule has 0 rings (SSSR count). The van der Waals surface area contributed by atoms with Crippen molar-refractivity contribution < 1.29 is 52.2 Å². The van der Waals surface area contributed by atoms with E-state index in [1.165, 1.54) is 0 Å². The van der Waals surface area contributed by atoms with Crippen LogP contribution in [0.15, 0.2) is 122 Å². The van der Waals surface area contributed by atoms with Gasteiger partial charge in [-0.2, -0.15) is 0 Å². The molecule has 384 valence electrons. The van der Waals surface area contributed by atoms with E-state index in [-0.39, 0.29) is 19.3 Å². The number of phosphoric acid groups is 1. The van der Waals surface area contributed by atoms with E-state index in [9.17, 15) is 28.9 Å². The van der Waals surface area contributed by atoms with Gasteiger partial charge in [-0.05, 0) is 109 Å². The minimum absolute atomic E-state index is 0.0296. The second kappa shape index (κ2) is 49.3. The highest BCUT2D eigenvalue weighted by Gasteiger charge is 2.28. The van der Waals surface area contributed by atoms with Crippen molar-refractivity contribution in [2.75, 3.05) is 26.4 Å². The first-order valence-electron chi connectivity index (χ1n) is 25.4. The van der Waals surface area contributed by atoms with Crippen LogP contribution in [0, 0.1) is 0 Å². The lowest BCUT2D eigenvalue weighted by molar-refractivity contribution is -0.161. The summed E-state index contributed by atoms with van der Waals surface area (Å²) < 4.78 is 39.2. The van der Waals surface area contributed by atoms with Crippen LogP contribution in [0.3, 0.4) is 0 Å². The Hall–Kier alpha value is -4.12. The van der Waals surface area contributed by atoms with Gasteiger partial charge in [0.2, 0.25) is 0 Å². The van der Waals surface area contributed by atoms with E-state index in [0.29, 0.717) is 25.7 Å². The number of carbonyl (C=O) groups is 3. The molecule has 0 amide bonds. The Balaban J connectivity index is 4.91. The lowest BCUT2D eigenvalue weighted by Gasteiger charge is -2.21. The molecule has 0 aromatic rings. The van der Waals surface area contributed by atoms with E-state index >= 15 is 0 Å². The minimum Gasteiger partial charge on any atom is -0.462 e. The van der Waals surface area contributed by atoms with Gasteiger partial charge in [0.15, 0.2) is 6.10 Å². The second-order valence-corrected chi connectivity index (χ2v) is 17.7. The number of phosphoric ester groups is 1. The molecular weight excluding hydrogens is 880 g/mol. The number of unbranched alkanes of at least 4 members (excludes halogenated alkanes) is 8. The minimum atomic E-state index is -4.78. The van der Waals surface area contributed by atoms with Gasteiger partial charge < -0.3 is 24.2 Å². The Kier molecular flexibility index (Phi) is 46.3. The summed E-state index contributed by atoms with van der Waals surface area (Å²) in [5, 5.41) is 9.77. The van der Waals surface area contributed by atoms with Crippen LogP contribution in [0.25, 0.3) is 0 Å². The molecular formula is C56H89O11P. The fourth-order valence-electron chi connectivity index (χ4n) is 6.04. The van der Waals surface area contributed by atoms with Crippen molar-refractivity contribution in [1.82, 2.24) is 0 Å². The molecule has 0 spiro atoms. The van der Waals surface area contributed by atoms with Gasteiger partial charge in [-0.1, -0.05) is 168 Å². The SMILES string of the molecule is CC/C=C\C/C=C\C/C=C\C/C=C\CCCCC(=O)OCC(COP(=O)(O)OCC(CO)OC(=O)CCCCCCC/C=C\C/C=C\CCC)OC(=O)CC/C=C\C/C=C\C/C=C\C/C=C\CC. The van der Waals surface area contributed by atoms with Crippen LogP contribution in [0.2, 0.25) is 0 Å². The Morgan fingerprint density at radius 1 is 0.426 bits per heavy atom. The van der Waals surface area contributed by atoms with Gasteiger partial charge in [0.05, 0.1) is 19.8 Å². The number of allylic oxidation sites excluding steroid dienone is 20. The number of esters is 3. The summed E-state index contributed by atoms with van der Waals surface area (Å²) in [4.78, 5) is 48.2. The number of ether oxygens (including phenoxy) is 3. The number of hydrogen-bond donors (Lipinski definition) is 2. The largest absolute Gasteiger partial charge is 0.472 e. The predicted octanol–water partition coefficient (Wildman–Crippen LogP) is 14.5. The maximum atomic E-state index is 12.8. The predicted molar refractivity (Wildman–Crippen MR) is 279 cm³/mol. The molecule has 0 aliphatic carbocycles. The van der Waals surface area contributed by atoms with Gasteiger partial charge in [0.25, 0.3) is 0 Å². The third-order valence-electron chi connectivity index (χ3n) is 9.84. The van der Waals surface area contributed by atoms with Crippen molar-refractivity contribution >= 4 is 25.7 Å². The molecule has 3 atom stereocenters. The van der Waals surface area contributed by atoms with E-state index in [1.54, 1.807) is 0 Å². The van der Waals surface area contributed by atoms with E-state index in [2.05, 4.69) is 124 Å². The Bertz CT molecular complexity index is 1600. The Morgan fingerprint density at radius 2 is 0.794 bits per heavy atom. The third kappa shape index (κ3) is 47.0. The van der Waals surface area contributed by atoms with Crippen LogP contribution in [0.5, 0.6) is 0 Å². The van der Waals surface area contributed by atoms with Gasteiger partial charge >= 0.3 is 25.7 Å². The van der Waals surface area contributed by atoms with Gasteiger partial charge in [-0.25, -0.2) is 4.57 Å². The van der Waals surface area contributed by atoms with E-state index < -0.39 is 64.4 Å². The molecule has 68 heavy (non-hydrogen) atoms. The molecule has 2 N–H and O–H groups in total. The van der Waals surface area contributed by atoms with Crippen molar-refractivity contribution in [3.8, 4) is 0 Å². The third-order valence-corrected chi connectivity index (χ3v) is 10.8. The normalized spacial score (nSPS) is 14.5. The van der Waals surface area contributed by atoms with Crippen LogP contribution in [0.1, 0.15) is 175 Å². The maximum absolute atomic E-state index is 12.8. The summed E-state index contributed by atoms with van der Waals surface area (Å²) in [7, 11) is -4.78. The van der Waals surface area contributed by atoms with Crippen LogP contribution >= 0.6 is 7.82 Å². The zero-order chi connectivity index (χ0) is 49.9. The van der Waals surface area contributed by atoms with Gasteiger partial charge in [0.1, 0.15) is 12.7 Å². The van der Waals surface area contributed by atoms with Crippen molar-refractivity contribution in [3.63, 3.8) is 0 Å². The zero-order valence-electron chi connectivity index (χ0n) is 42.0. The molecule has 0 aliphatic heterocycles. The van der Waals surface area contributed by atoms with Crippen LogP contribution < -0.4 is 0 Å². The molecule has 0 aromatic heterocycles. The van der Waals surface area contributed by atoms with E-state index in [0.717, 1.165) is 109 Å². The molecule has 0 fully saturated rings. The lowest BCUT2D eigenvalue weighted by Crippen LogP contribution is -2.30. The summed E-state index contributed by atoms with van der Waals surface area (Å²) in [6.07, 6.45) is 59.1. The average molecular weight is 969 g/mol. The second-order valence-electron chi connectivity index (χ2n) is 16.2. The van der Waals surface area contributed by atoms with Gasteiger partial charge in [0, 0.05) is 19.3 Å². The monoisotopic (exact) mass is 969 g/mol. The summed E-state index contributed by atoms with van der Waals surface area (Å²) in [6.45, 7) is 4.15. The smallest absolute Gasteiger partial charge is 0.462 e. The molecule has 0 radical (unpaired) electrons. The molecule has 0 aliphatic rings. The molecule has 0 heterocycles. The van der Waals surface area contributed by atoms with Gasteiger partial charge in [-0.3, -0.25) is 23.4 Å². The van der Waals surface area contributed by atoms with Crippen molar-refractivity contribution in [2.24, 2.45) is 0 Å². The lowest BCUT2D eigenvalue weighted by atomic mass is 10.1. The Morgan fingerprint density at radius 3 is 1.29 bits per heavy atom. The van der Waals surface area contributed by atoms with Crippen LogP contribution in [-0.2, 0) is 42.2 Å². The maximum Gasteiger partial charge on any atom is 0.472 e. The summed E-state index contributed by atoms with van der Waals surface area (Å²) in [6, 6.07) is 0. The first-order chi connectivity index (χ1) is 33.2. The molecule has 0 aromatic carbocycles. The van der Waals surface area contributed by atoms with E-state index in [4.69, 9.17) is 23.3 Å². The molecule has 3 unspecified atom stereocenters. The highest BCUT2D eigenvalue weighted by atomic mass is 31.2. The van der Waals surface area contributed by atoms with Crippen molar-refractivity contribution in [1.29, 1.82) is 0 Å².